The van der Waals surface area contributed by atoms with E-state index in [1.807, 2.05) is 97.1 Å². The number of rotatable bonds is 7. The molecule has 0 unspecified atom stereocenters. The predicted octanol–water partition coefficient (Wildman–Crippen LogP) is 7.22. The number of nitrogens with zero attached hydrogens (tertiary/aromatic N) is 2. The number of alkyl halides is 1. The zero-order chi connectivity index (χ0) is 29.6. The van der Waals surface area contributed by atoms with Crippen LogP contribution < -0.4 is 9.47 Å². The number of carbonyl (C=O) groups is 1. The van der Waals surface area contributed by atoms with Crippen LogP contribution >= 0.6 is 0 Å². The quantitative estimate of drug-likeness (QED) is 0.222. The van der Waals surface area contributed by atoms with Crippen molar-refractivity contribution in [3.8, 4) is 34.7 Å². The van der Waals surface area contributed by atoms with Crippen molar-refractivity contribution < 1.29 is 23.4 Å². The van der Waals surface area contributed by atoms with Crippen LogP contribution in [-0.2, 0) is 18.0 Å². The van der Waals surface area contributed by atoms with Gasteiger partial charge >= 0.3 is 6.09 Å². The molecule has 6 nitrogen and oxygen atoms in total. The van der Waals surface area contributed by atoms with Crippen LogP contribution in [0.25, 0.3) is 11.1 Å². The van der Waals surface area contributed by atoms with Gasteiger partial charge in [0.25, 0.3) is 0 Å². The molecule has 1 amide bonds. The van der Waals surface area contributed by atoms with Gasteiger partial charge in [0.05, 0.1) is 13.1 Å². The standard InChI is InChI=1S/C35H33FN2O4/c1-34(2,3)42-33(39)38-24-35(36,25-38)21-20-26-14-16-29(17-15-26)30-18-19-31(40-22-27-10-6-4-7-11-27)37-32(30)41-23-28-12-8-5-9-13-28/h4-19H,22-25H2,1-3H3. The Kier molecular flexibility index (Phi) is 8.44. The second-order valence-corrected chi connectivity index (χ2v) is 11.2. The van der Waals surface area contributed by atoms with Gasteiger partial charge in [0.15, 0.2) is 0 Å². The van der Waals surface area contributed by atoms with E-state index in [-0.39, 0.29) is 13.1 Å². The molecule has 3 aromatic carbocycles. The van der Waals surface area contributed by atoms with E-state index in [1.165, 1.54) is 4.90 Å². The van der Waals surface area contributed by atoms with E-state index in [4.69, 9.17) is 14.2 Å². The molecule has 4 aromatic rings. The lowest BCUT2D eigenvalue weighted by molar-refractivity contribution is -0.0271. The highest BCUT2D eigenvalue weighted by Gasteiger charge is 2.46. The topological polar surface area (TPSA) is 60.9 Å². The molecule has 0 radical (unpaired) electrons. The maximum absolute atomic E-state index is 15.0. The maximum Gasteiger partial charge on any atom is 0.410 e. The van der Waals surface area contributed by atoms with E-state index in [0.717, 1.165) is 22.3 Å². The average molecular weight is 565 g/mol. The molecule has 1 saturated heterocycles. The monoisotopic (exact) mass is 564 g/mol. The smallest absolute Gasteiger partial charge is 0.410 e. The Morgan fingerprint density at radius 1 is 0.857 bits per heavy atom. The molecule has 5 rings (SSSR count). The zero-order valence-corrected chi connectivity index (χ0v) is 24.0. The molecule has 42 heavy (non-hydrogen) atoms. The minimum atomic E-state index is -1.76. The molecule has 0 saturated carbocycles. The minimum absolute atomic E-state index is 0.112. The minimum Gasteiger partial charge on any atom is -0.473 e. The number of hydrogen-bond donors (Lipinski definition) is 0. The molecule has 1 fully saturated rings. The Labute approximate surface area is 246 Å². The number of carbonyl (C=O) groups excluding carboxylic acids is 1. The Balaban J connectivity index is 1.29. The lowest BCUT2D eigenvalue weighted by atomic mass is 9.97. The normalized spacial score (nSPS) is 13.8. The summed E-state index contributed by atoms with van der Waals surface area (Å²) < 4.78 is 32.4. The first kappa shape index (κ1) is 28.7. The van der Waals surface area contributed by atoms with Crippen LogP contribution in [0.5, 0.6) is 11.8 Å². The van der Waals surface area contributed by atoms with Crippen molar-refractivity contribution in [2.24, 2.45) is 0 Å². The Hall–Kier alpha value is -4.83. The van der Waals surface area contributed by atoms with Gasteiger partial charge < -0.3 is 14.2 Å². The fraction of sp³-hybridized carbons (Fsp3) is 0.257. The van der Waals surface area contributed by atoms with Gasteiger partial charge in [0.2, 0.25) is 17.4 Å². The molecule has 7 heteroatoms. The molecule has 0 N–H and O–H groups in total. The van der Waals surface area contributed by atoms with E-state index in [1.54, 1.807) is 20.8 Å². The molecule has 0 bridgehead atoms. The molecule has 1 aliphatic heterocycles. The number of pyridine rings is 1. The summed E-state index contributed by atoms with van der Waals surface area (Å²) in [6, 6.07) is 31.0. The summed E-state index contributed by atoms with van der Waals surface area (Å²) in [5.41, 5.74) is 2.01. The SMILES string of the molecule is CC(C)(C)OC(=O)N1CC(F)(C#Cc2ccc(-c3ccc(OCc4ccccc4)nc3OCc3ccccc3)cc2)C1. The summed E-state index contributed by atoms with van der Waals surface area (Å²) in [6.07, 6.45) is -0.530. The van der Waals surface area contributed by atoms with Crippen molar-refractivity contribution in [1.82, 2.24) is 9.88 Å². The Bertz CT molecular complexity index is 1570. The lowest BCUT2D eigenvalue weighted by Gasteiger charge is -2.41. The summed E-state index contributed by atoms with van der Waals surface area (Å²) in [5, 5.41) is 0. The van der Waals surface area contributed by atoms with Crippen LogP contribution in [0.15, 0.2) is 97.1 Å². The molecule has 214 valence electrons. The highest BCUT2D eigenvalue weighted by molar-refractivity contribution is 5.71. The van der Waals surface area contributed by atoms with Gasteiger partial charge in [-0.05, 0) is 55.7 Å². The van der Waals surface area contributed by atoms with Gasteiger partial charge in [-0.3, -0.25) is 4.90 Å². The molecule has 1 aromatic heterocycles. The van der Waals surface area contributed by atoms with E-state index in [0.29, 0.717) is 30.5 Å². The summed E-state index contributed by atoms with van der Waals surface area (Å²) in [6.45, 7) is 5.85. The molecule has 0 aliphatic carbocycles. The van der Waals surface area contributed by atoms with Gasteiger partial charge in [-0.15, -0.1) is 0 Å². The number of ether oxygens (including phenoxy) is 3. The number of benzene rings is 3. The first-order valence-electron chi connectivity index (χ1n) is 13.8. The highest BCUT2D eigenvalue weighted by atomic mass is 19.1. The van der Waals surface area contributed by atoms with Crippen molar-refractivity contribution in [2.75, 3.05) is 13.1 Å². The molecular formula is C35H33FN2O4. The van der Waals surface area contributed by atoms with Gasteiger partial charge in [0, 0.05) is 17.2 Å². The van der Waals surface area contributed by atoms with Gasteiger partial charge in [0.1, 0.15) is 18.8 Å². The van der Waals surface area contributed by atoms with Crippen molar-refractivity contribution in [3.05, 3.63) is 114 Å². The molecule has 0 atom stereocenters. The third kappa shape index (κ3) is 7.67. The number of halogens is 1. The molecule has 0 spiro atoms. The van der Waals surface area contributed by atoms with Crippen molar-refractivity contribution in [3.63, 3.8) is 0 Å². The summed E-state index contributed by atoms with van der Waals surface area (Å²) in [5.74, 6) is 6.50. The second kappa shape index (κ2) is 12.4. The number of likely N-dealkylation sites (tertiary alicyclic amines) is 1. The van der Waals surface area contributed by atoms with E-state index < -0.39 is 17.4 Å². The second-order valence-electron chi connectivity index (χ2n) is 11.2. The summed E-state index contributed by atoms with van der Waals surface area (Å²) in [7, 11) is 0. The van der Waals surface area contributed by atoms with Crippen LogP contribution in [0.4, 0.5) is 9.18 Å². The van der Waals surface area contributed by atoms with E-state index in [9.17, 15) is 4.79 Å². The van der Waals surface area contributed by atoms with Crippen LogP contribution in [-0.4, -0.2) is 40.3 Å². The summed E-state index contributed by atoms with van der Waals surface area (Å²) in [4.78, 5) is 18.1. The van der Waals surface area contributed by atoms with E-state index in [2.05, 4.69) is 16.8 Å². The van der Waals surface area contributed by atoms with Crippen LogP contribution in [0.3, 0.4) is 0 Å². The lowest BCUT2D eigenvalue weighted by Crippen LogP contribution is -2.61. The third-order valence-corrected chi connectivity index (χ3v) is 6.44. The predicted molar refractivity (Wildman–Crippen MR) is 160 cm³/mol. The maximum atomic E-state index is 15.0. The Morgan fingerprint density at radius 2 is 1.45 bits per heavy atom. The van der Waals surface area contributed by atoms with Crippen LogP contribution in [0, 0.1) is 11.8 Å². The zero-order valence-electron chi connectivity index (χ0n) is 24.0. The number of amides is 1. The van der Waals surface area contributed by atoms with Gasteiger partial charge in [-0.2, -0.15) is 4.98 Å². The van der Waals surface area contributed by atoms with E-state index >= 15 is 4.39 Å². The van der Waals surface area contributed by atoms with Gasteiger partial charge in [-0.1, -0.05) is 84.6 Å². The molecule has 2 heterocycles. The first-order chi connectivity index (χ1) is 20.2. The van der Waals surface area contributed by atoms with Crippen LogP contribution in [0.2, 0.25) is 0 Å². The fourth-order valence-electron chi connectivity index (χ4n) is 4.30. The summed E-state index contributed by atoms with van der Waals surface area (Å²) >= 11 is 0. The van der Waals surface area contributed by atoms with Crippen molar-refractivity contribution in [2.45, 2.75) is 45.3 Å². The highest BCUT2D eigenvalue weighted by Crippen LogP contribution is 2.32. The fourth-order valence-corrected chi connectivity index (χ4v) is 4.30. The van der Waals surface area contributed by atoms with Crippen LogP contribution in [0.1, 0.15) is 37.5 Å². The number of hydrogen-bond acceptors (Lipinski definition) is 5. The average Bonchev–Trinajstić information content (AvgIpc) is 2.97. The molecule has 1 aliphatic rings. The molecular weight excluding hydrogens is 531 g/mol. The Morgan fingerprint density at radius 3 is 2.05 bits per heavy atom. The van der Waals surface area contributed by atoms with Crippen molar-refractivity contribution >= 4 is 6.09 Å². The van der Waals surface area contributed by atoms with Gasteiger partial charge in [-0.25, -0.2) is 9.18 Å². The van der Waals surface area contributed by atoms with Crippen molar-refractivity contribution in [1.29, 1.82) is 0 Å². The third-order valence-electron chi connectivity index (χ3n) is 6.44. The first-order valence-corrected chi connectivity index (χ1v) is 13.8. The number of aromatic nitrogens is 1. The largest absolute Gasteiger partial charge is 0.473 e.